The number of benzene rings is 1. The van der Waals surface area contributed by atoms with Crippen LogP contribution in [0.1, 0.15) is 25.0 Å². The number of para-hydroxylation sites is 1. The normalized spacial score (nSPS) is 11.2. The molecule has 0 aliphatic rings. The van der Waals surface area contributed by atoms with Gasteiger partial charge in [-0.25, -0.2) is 4.79 Å². The van der Waals surface area contributed by atoms with Crippen LogP contribution in [0.5, 0.6) is 5.75 Å². The molecule has 0 spiro atoms. The third-order valence-corrected chi connectivity index (χ3v) is 2.43. The highest BCUT2D eigenvalue weighted by molar-refractivity contribution is 5.86. The van der Waals surface area contributed by atoms with E-state index in [9.17, 15) is 4.79 Å². The number of hydrogen-bond donors (Lipinski definition) is 1. The molecule has 0 unspecified atom stereocenters. The van der Waals surface area contributed by atoms with Gasteiger partial charge in [-0.1, -0.05) is 18.2 Å². The molecular formula is C15H20O4. The van der Waals surface area contributed by atoms with E-state index in [0.717, 1.165) is 17.2 Å². The highest BCUT2D eigenvalue weighted by Gasteiger charge is 2.05. The summed E-state index contributed by atoms with van der Waals surface area (Å²) in [6.07, 6.45) is 2.81. The summed E-state index contributed by atoms with van der Waals surface area (Å²) in [5.74, 6) is -0.275. The maximum Gasteiger partial charge on any atom is 0.328 e. The lowest BCUT2D eigenvalue weighted by molar-refractivity contribution is -0.131. The molecule has 0 saturated heterocycles. The van der Waals surface area contributed by atoms with E-state index in [1.807, 2.05) is 39.0 Å². The number of carboxylic acids is 1. The van der Waals surface area contributed by atoms with Gasteiger partial charge in [-0.15, -0.1) is 0 Å². The molecule has 1 aromatic carbocycles. The zero-order valence-corrected chi connectivity index (χ0v) is 11.6. The Bertz CT molecular complexity index is 449. The fraction of sp³-hybridized carbons (Fsp3) is 0.400. The monoisotopic (exact) mass is 264 g/mol. The maximum absolute atomic E-state index is 10.6. The van der Waals surface area contributed by atoms with E-state index in [2.05, 4.69) is 0 Å². The van der Waals surface area contributed by atoms with Crippen LogP contribution in [0.15, 0.2) is 24.3 Å². The first-order valence-corrected chi connectivity index (χ1v) is 6.25. The van der Waals surface area contributed by atoms with E-state index in [-0.39, 0.29) is 6.10 Å². The molecule has 19 heavy (non-hydrogen) atoms. The molecule has 0 heterocycles. The molecule has 0 fully saturated rings. The van der Waals surface area contributed by atoms with Crippen molar-refractivity contribution in [3.8, 4) is 5.75 Å². The molecule has 0 aliphatic carbocycles. The summed E-state index contributed by atoms with van der Waals surface area (Å²) >= 11 is 0. The van der Waals surface area contributed by atoms with Gasteiger partial charge in [0.2, 0.25) is 0 Å². The van der Waals surface area contributed by atoms with Crippen molar-refractivity contribution in [2.24, 2.45) is 0 Å². The van der Waals surface area contributed by atoms with Gasteiger partial charge in [0, 0.05) is 11.6 Å². The average molecular weight is 264 g/mol. The number of aryl methyl sites for hydroxylation is 1. The number of carbonyl (C=O) groups is 1. The van der Waals surface area contributed by atoms with Crippen LogP contribution < -0.4 is 4.74 Å². The van der Waals surface area contributed by atoms with Crippen LogP contribution in [0.2, 0.25) is 0 Å². The van der Waals surface area contributed by atoms with E-state index in [1.54, 1.807) is 0 Å². The van der Waals surface area contributed by atoms with Crippen LogP contribution >= 0.6 is 0 Å². The highest BCUT2D eigenvalue weighted by atomic mass is 16.5. The Labute approximate surface area is 113 Å². The van der Waals surface area contributed by atoms with Crippen LogP contribution in [0.3, 0.4) is 0 Å². The smallest absolute Gasteiger partial charge is 0.328 e. The molecule has 1 aromatic rings. The predicted octanol–water partition coefficient (Wildman–Crippen LogP) is 2.90. The Morgan fingerprint density at radius 3 is 2.74 bits per heavy atom. The molecule has 1 rings (SSSR count). The Kier molecular flexibility index (Phi) is 6.09. The van der Waals surface area contributed by atoms with E-state index < -0.39 is 5.97 Å². The fourth-order valence-corrected chi connectivity index (χ4v) is 1.59. The minimum absolute atomic E-state index is 0.173. The van der Waals surface area contributed by atoms with Crippen molar-refractivity contribution in [2.45, 2.75) is 26.9 Å². The lowest BCUT2D eigenvalue weighted by Gasteiger charge is -2.13. The predicted molar refractivity (Wildman–Crippen MR) is 74.4 cm³/mol. The van der Waals surface area contributed by atoms with Gasteiger partial charge in [0.25, 0.3) is 0 Å². The van der Waals surface area contributed by atoms with Gasteiger partial charge in [0.05, 0.1) is 12.7 Å². The van der Waals surface area contributed by atoms with Gasteiger partial charge in [0.1, 0.15) is 12.4 Å². The van der Waals surface area contributed by atoms with Crippen LogP contribution in [-0.4, -0.2) is 30.4 Å². The van der Waals surface area contributed by atoms with Crippen molar-refractivity contribution in [1.82, 2.24) is 0 Å². The molecule has 0 saturated carbocycles. The Morgan fingerprint density at radius 2 is 2.11 bits per heavy atom. The molecule has 0 radical (unpaired) electrons. The van der Waals surface area contributed by atoms with Gasteiger partial charge in [-0.05, 0) is 32.4 Å². The van der Waals surface area contributed by atoms with Gasteiger partial charge in [-0.3, -0.25) is 0 Å². The van der Waals surface area contributed by atoms with E-state index in [1.165, 1.54) is 6.08 Å². The number of aliphatic carboxylic acids is 1. The van der Waals surface area contributed by atoms with Gasteiger partial charge in [0.15, 0.2) is 0 Å². The van der Waals surface area contributed by atoms with Crippen molar-refractivity contribution in [3.63, 3.8) is 0 Å². The average Bonchev–Trinajstić information content (AvgIpc) is 2.33. The Hall–Kier alpha value is -1.81. The van der Waals surface area contributed by atoms with E-state index in [0.29, 0.717) is 19.0 Å². The topological polar surface area (TPSA) is 55.8 Å². The van der Waals surface area contributed by atoms with Gasteiger partial charge in [-0.2, -0.15) is 0 Å². The Morgan fingerprint density at radius 1 is 1.37 bits per heavy atom. The summed E-state index contributed by atoms with van der Waals surface area (Å²) in [6.45, 7) is 6.81. The fourth-order valence-electron chi connectivity index (χ4n) is 1.59. The second-order valence-electron chi connectivity index (χ2n) is 4.43. The molecular weight excluding hydrogens is 244 g/mol. The third kappa shape index (κ3) is 5.57. The van der Waals surface area contributed by atoms with Crippen molar-refractivity contribution in [3.05, 3.63) is 35.4 Å². The number of ether oxygens (including phenoxy) is 2. The zero-order chi connectivity index (χ0) is 14.3. The summed E-state index contributed by atoms with van der Waals surface area (Å²) in [5.41, 5.74) is 1.73. The first-order chi connectivity index (χ1) is 9.00. The highest BCUT2D eigenvalue weighted by Crippen LogP contribution is 2.24. The van der Waals surface area contributed by atoms with Crippen LogP contribution in [0, 0.1) is 6.92 Å². The second kappa shape index (κ2) is 7.59. The van der Waals surface area contributed by atoms with Crippen molar-refractivity contribution in [2.75, 3.05) is 13.2 Å². The summed E-state index contributed by atoms with van der Waals surface area (Å²) in [6, 6.07) is 5.62. The Balaban J connectivity index is 2.72. The van der Waals surface area contributed by atoms with Gasteiger partial charge >= 0.3 is 5.97 Å². The SMILES string of the molecule is Cc1cccc(/C=C/C(=O)O)c1OCCOC(C)C. The largest absolute Gasteiger partial charge is 0.490 e. The van der Waals surface area contributed by atoms with Crippen LogP contribution in [-0.2, 0) is 9.53 Å². The van der Waals surface area contributed by atoms with Gasteiger partial charge < -0.3 is 14.6 Å². The second-order valence-corrected chi connectivity index (χ2v) is 4.43. The van der Waals surface area contributed by atoms with Crippen molar-refractivity contribution >= 4 is 12.0 Å². The lowest BCUT2D eigenvalue weighted by atomic mass is 10.1. The molecule has 0 atom stereocenters. The lowest BCUT2D eigenvalue weighted by Crippen LogP contribution is -2.12. The minimum Gasteiger partial charge on any atom is -0.490 e. The number of carboxylic acid groups (broad SMARTS) is 1. The molecule has 4 heteroatoms. The quantitative estimate of drug-likeness (QED) is 0.607. The molecule has 1 N–H and O–H groups in total. The standard InChI is InChI=1S/C15H20O4/c1-11(2)18-9-10-19-15-12(3)5-4-6-13(15)7-8-14(16)17/h4-8,11H,9-10H2,1-3H3,(H,16,17)/b8-7+. The van der Waals surface area contributed by atoms with Crippen LogP contribution in [0.25, 0.3) is 6.08 Å². The van der Waals surface area contributed by atoms with E-state index >= 15 is 0 Å². The summed E-state index contributed by atoms with van der Waals surface area (Å²) in [5, 5.41) is 8.66. The molecule has 0 bridgehead atoms. The molecule has 4 nitrogen and oxygen atoms in total. The molecule has 0 amide bonds. The van der Waals surface area contributed by atoms with Crippen LogP contribution in [0.4, 0.5) is 0 Å². The maximum atomic E-state index is 10.6. The number of rotatable bonds is 7. The first-order valence-electron chi connectivity index (χ1n) is 6.25. The molecule has 104 valence electrons. The van der Waals surface area contributed by atoms with E-state index in [4.69, 9.17) is 14.6 Å². The third-order valence-electron chi connectivity index (χ3n) is 2.43. The summed E-state index contributed by atoms with van der Waals surface area (Å²) in [7, 11) is 0. The molecule has 0 aliphatic heterocycles. The zero-order valence-electron chi connectivity index (χ0n) is 11.6. The van der Waals surface area contributed by atoms with Crippen molar-refractivity contribution < 1.29 is 19.4 Å². The summed E-state index contributed by atoms with van der Waals surface area (Å²) in [4.78, 5) is 10.6. The molecule has 0 aromatic heterocycles. The number of hydrogen-bond acceptors (Lipinski definition) is 3. The first kappa shape index (κ1) is 15.2. The summed E-state index contributed by atoms with van der Waals surface area (Å²) < 4.78 is 11.1. The minimum atomic E-state index is -0.976. The van der Waals surface area contributed by atoms with Crippen molar-refractivity contribution in [1.29, 1.82) is 0 Å².